The summed E-state index contributed by atoms with van der Waals surface area (Å²) in [5.41, 5.74) is 0. The van der Waals surface area contributed by atoms with E-state index in [1.165, 1.54) is 0 Å². The van der Waals surface area contributed by atoms with Crippen molar-refractivity contribution in [3.05, 3.63) is 0 Å². The predicted octanol–water partition coefficient (Wildman–Crippen LogP) is -2.20. The minimum Gasteiger partial charge on any atom is -0.476 e. The number of carboxylic acid groups (broad SMARTS) is 1. The molecule has 0 spiro atoms. The molecule has 0 aromatic heterocycles. The lowest BCUT2D eigenvalue weighted by molar-refractivity contribution is -0.129. The predicted molar refractivity (Wildman–Crippen MR) is 41.6 cm³/mol. The first-order valence-corrected chi connectivity index (χ1v) is 5.59. The van der Waals surface area contributed by atoms with E-state index in [4.69, 9.17) is 14.9 Å². The zero-order valence-electron chi connectivity index (χ0n) is 6.04. The zero-order valence-corrected chi connectivity index (χ0v) is 7.75. The number of hydrogen-bond acceptors (Lipinski definition) is 4. The molecule has 0 aliphatic rings. The van der Waals surface area contributed by atoms with Gasteiger partial charge in [-0.1, -0.05) is 0 Å². The van der Waals surface area contributed by atoms with Gasteiger partial charge in [-0.2, -0.15) is 8.42 Å². The largest absolute Gasteiger partial charge is 0.476 e. The Hall–Kier alpha value is -0.730. The molecule has 0 saturated carbocycles. The van der Waals surface area contributed by atoms with Gasteiger partial charge in [-0.15, -0.1) is 0 Å². The van der Waals surface area contributed by atoms with Gasteiger partial charge in [0.15, 0.2) is 0 Å². The Labute approximate surface area is 73.9 Å². The number of carbonyl (C=O) groups is 1. The van der Waals surface area contributed by atoms with Crippen LogP contribution in [0.5, 0.6) is 0 Å². The molecule has 0 aliphatic carbocycles. The molecule has 0 aromatic rings. The fraction of sp³-hybridized carbons (Fsp3) is 0.333. The highest BCUT2D eigenvalue weighted by Gasteiger charge is 2.18. The number of carboxylic acids is 1. The van der Waals surface area contributed by atoms with E-state index in [9.17, 15) is 17.8 Å². The molecule has 0 atom stereocenters. The summed E-state index contributed by atoms with van der Waals surface area (Å²) in [4.78, 5) is 25.5. The molecule has 0 heterocycles. The van der Waals surface area contributed by atoms with Crippen LogP contribution in [0.2, 0.25) is 0 Å². The smallest absolute Gasteiger partial charge is 0.362 e. The van der Waals surface area contributed by atoms with E-state index in [2.05, 4.69) is 0 Å². The highest BCUT2D eigenvalue weighted by Crippen LogP contribution is 2.31. The summed E-state index contributed by atoms with van der Waals surface area (Å²) >= 11 is 0. The topological polar surface area (TPSA) is 141 Å². The molecule has 0 bridgehead atoms. The third-order valence-electron chi connectivity index (χ3n) is 0.806. The van der Waals surface area contributed by atoms with Crippen LogP contribution in [0.1, 0.15) is 0 Å². The van der Waals surface area contributed by atoms with Crippen molar-refractivity contribution in [2.75, 3.05) is 6.29 Å². The molecule has 8 nitrogen and oxygen atoms in total. The van der Waals surface area contributed by atoms with Crippen LogP contribution < -0.4 is 5.32 Å². The van der Waals surface area contributed by atoms with Crippen LogP contribution in [0, 0.1) is 0 Å². The van der Waals surface area contributed by atoms with Crippen LogP contribution in [0.25, 0.3) is 0 Å². The maximum absolute atomic E-state index is 10.2. The van der Waals surface area contributed by atoms with Gasteiger partial charge < -0.3 is 14.9 Å². The van der Waals surface area contributed by atoms with Crippen LogP contribution in [0.3, 0.4) is 0 Å². The summed E-state index contributed by atoms with van der Waals surface area (Å²) in [6.45, 7) is 0. The normalized spacial score (nSPS) is 10.9. The molecule has 0 amide bonds. The van der Waals surface area contributed by atoms with Crippen molar-refractivity contribution >= 4 is 28.8 Å². The van der Waals surface area contributed by atoms with Crippen LogP contribution in [0.4, 0.5) is 0 Å². The van der Waals surface area contributed by atoms with Gasteiger partial charge in [0.1, 0.15) is 6.29 Å². The maximum atomic E-state index is 10.2. The Morgan fingerprint density at radius 1 is 1.38 bits per heavy atom. The summed E-state index contributed by atoms with van der Waals surface area (Å²) in [5, 5.41) is 9.79. The molecule has 0 aromatic carbocycles. The summed E-state index contributed by atoms with van der Waals surface area (Å²) < 4.78 is 30.5. The van der Waals surface area contributed by atoms with E-state index in [0.717, 1.165) is 0 Å². The third-order valence-corrected chi connectivity index (χ3v) is 2.03. The Morgan fingerprint density at radius 3 is 2.08 bits per heavy atom. The first-order valence-electron chi connectivity index (χ1n) is 2.72. The van der Waals surface area contributed by atoms with Crippen molar-refractivity contribution in [1.29, 1.82) is 0 Å². The van der Waals surface area contributed by atoms with Gasteiger partial charge in [0.25, 0.3) is 0 Å². The summed E-state index contributed by atoms with van der Waals surface area (Å²) in [6, 6.07) is 0. The molecule has 0 saturated heterocycles. The summed E-state index contributed by atoms with van der Waals surface area (Å²) in [5.74, 6) is -1.80. The van der Waals surface area contributed by atoms with Gasteiger partial charge in [0, 0.05) is 0 Å². The van der Waals surface area contributed by atoms with Gasteiger partial charge in [0.2, 0.25) is 15.3 Å². The molecular weight excluding hydrogens is 225 g/mol. The average molecular weight is 231 g/mol. The van der Waals surface area contributed by atoms with Crippen LogP contribution in [-0.4, -0.2) is 40.6 Å². The third kappa shape index (κ3) is 5.50. The molecule has 0 rings (SSSR count). The molecule has 10 heteroatoms. The monoisotopic (exact) mass is 231 g/mol. The molecule has 0 aliphatic heterocycles. The number of aliphatic carboxylic acids is 1. The number of hydrogen-bond donors (Lipinski definition) is 4. The van der Waals surface area contributed by atoms with E-state index >= 15 is 0 Å². The lowest BCUT2D eigenvalue weighted by Crippen LogP contribution is -2.32. The lowest BCUT2D eigenvalue weighted by atomic mass is 10.7. The Balaban J connectivity index is 4.62. The van der Waals surface area contributed by atoms with E-state index in [1.54, 1.807) is 5.32 Å². The molecule has 4 N–H and O–H groups in total. The molecule has 13 heavy (non-hydrogen) atoms. The summed E-state index contributed by atoms with van der Waals surface area (Å²) in [7, 11) is -7.52. The second-order valence-corrected chi connectivity index (χ2v) is 4.39. The number of nitrogens with one attached hydrogen (secondary N) is 1. The Morgan fingerprint density at radius 2 is 1.85 bits per heavy atom. The van der Waals surface area contributed by atoms with E-state index in [0.29, 0.717) is 0 Å². The van der Waals surface area contributed by atoms with Crippen LogP contribution >= 0.6 is 7.60 Å². The first kappa shape index (κ1) is 12.3. The van der Waals surface area contributed by atoms with Crippen molar-refractivity contribution in [3.63, 3.8) is 0 Å². The lowest BCUT2D eigenvalue weighted by Gasteiger charge is -2.02. The van der Waals surface area contributed by atoms with Gasteiger partial charge >= 0.3 is 13.6 Å². The zero-order chi connectivity index (χ0) is 10.6. The molecule has 0 radical (unpaired) electrons. The van der Waals surface area contributed by atoms with E-state index in [-0.39, 0.29) is 0 Å². The molecule has 76 valence electrons. The quantitative estimate of drug-likeness (QED) is 0.310. The Kier molecular flexibility index (Phi) is 4.24. The van der Waals surface area contributed by atoms with Crippen molar-refractivity contribution < 1.29 is 32.7 Å². The van der Waals surface area contributed by atoms with E-state index in [1.807, 2.05) is 0 Å². The highest BCUT2D eigenvalue weighted by molar-refractivity contribution is 7.74. The summed E-state index contributed by atoms with van der Waals surface area (Å²) in [6.07, 6.45) is -1.04. The number of rotatable bonds is 2. The molecule has 0 fully saturated rings. The van der Waals surface area contributed by atoms with E-state index < -0.39 is 35.1 Å². The van der Waals surface area contributed by atoms with Crippen molar-refractivity contribution in [2.24, 2.45) is 0 Å². The standard InChI is InChI=1S/C3H6NO7PS/c5-3(6)2(13(10)11)4-1-12(7,8)9/h4H,1H2,(H,5,6)(H2,7,8,9). The first-order chi connectivity index (χ1) is 5.74. The molecule has 0 unspecified atom stereocenters. The second-order valence-electron chi connectivity index (χ2n) is 1.87. The second kappa shape index (κ2) is 4.49. The average Bonchev–Trinajstić information content (AvgIpc) is 1.82. The maximum Gasteiger partial charge on any atom is 0.362 e. The van der Waals surface area contributed by atoms with Gasteiger partial charge in [-0.05, 0) is 0 Å². The van der Waals surface area contributed by atoms with Crippen molar-refractivity contribution in [1.82, 2.24) is 5.32 Å². The van der Waals surface area contributed by atoms with Crippen molar-refractivity contribution in [2.45, 2.75) is 0 Å². The van der Waals surface area contributed by atoms with Crippen LogP contribution in [0.15, 0.2) is 0 Å². The fourth-order valence-corrected chi connectivity index (χ4v) is 1.18. The SMILES string of the molecule is O=C(O)C(NCP(=O)(O)O)=S(=O)=O. The Bertz CT molecular complexity index is 369. The van der Waals surface area contributed by atoms with Crippen molar-refractivity contribution in [3.8, 4) is 0 Å². The van der Waals surface area contributed by atoms with Gasteiger partial charge in [-0.3, -0.25) is 9.88 Å². The highest BCUT2D eigenvalue weighted by atomic mass is 32.2. The van der Waals surface area contributed by atoms with Gasteiger partial charge in [0.05, 0.1) is 0 Å². The van der Waals surface area contributed by atoms with Crippen LogP contribution in [-0.2, 0) is 19.7 Å². The van der Waals surface area contributed by atoms with Gasteiger partial charge in [-0.25, -0.2) is 4.79 Å². The fourth-order valence-electron chi connectivity index (χ4n) is 0.381. The minimum atomic E-state index is -4.47. The minimum absolute atomic E-state index is 1.04. The molecular formula is C3H6NO7PS.